The van der Waals surface area contributed by atoms with Gasteiger partial charge in [-0.3, -0.25) is 4.79 Å². The number of carboxylic acid groups (broad SMARTS) is 1. The first kappa shape index (κ1) is 28.5. The quantitative estimate of drug-likeness (QED) is 0.396. The largest absolute Gasteiger partial charge is 0.598 e. The van der Waals surface area contributed by atoms with Crippen molar-refractivity contribution in [3.8, 4) is 0 Å². The van der Waals surface area contributed by atoms with Crippen LogP contribution in [0, 0.1) is 5.92 Å². The Balaban J connectivity index is 1.99. The number of alkyl halides is 3. The SMILES string of the molecule is CC(C)CN(c1ccc(C(C)CC(=O)O)cc1Nc1nc(C(F)(F)F)ns1)C1CCN([S+](C)[O-])CC1. The van der Waals surface area contributed by atoms with E-state index < -0.39 is 29.3 Å². The highest BCUT2D eigenvalue weighted by Crippen LogP contribution is 2.37. The average molecular weight is 548 g/mol. The molecule has 2 atom stereocenters. The Kier molecular flexibility index (Phi) is 9.47. The van der Waals surface area contributed by atoms with E-state index in [1.165, 1.54) is 0 Å². The molecule has 0 saturated carbocycles. The van der Waals surface area contributed by atoms with Crippen molar-refractivity contribution in [3.05, 3.63) is 29.6 Å². The minimum atomic E-state index is -4.64. The fraction of sp³-hybridized carbons (Fsp3) is 0.609. The van der Waals surface area contributed by atoms with Gasteiger partial charge in [-0.25, -0.2) is 0 Å². The normalized spacial score (nSPS) is 17.2. The number of hydrogen-bond acceptors (Lipinski definition) is 8. The molecule has 1 fully saturated rings. The van der Waals surface area contributed by atoms with Crippen LogP contribution in [0.1, 0.15) is 57.3 Å². The molecular formula is C23H32F3N5O3S2. The molecule has 0 aliphatic carbocycles. The van der Waals surface area contributed by atoms with E-state index in [2.05, 4.69) is 33.4 Å². The van der Waals surface area contributed by atoms with Gasteiger partial charge in [-0.05, 0) is 42.4 Å². The second kappa shape index (κ2) is 12.0. The topological polar surface area (TPSA) is 105 Å². The summed E-state index contributed by atoms with van der Waals surface area (Å²) in [6.07, 6.45) is -1.46. The molecule has 3 rings (SSSR count). The molecule has 0 spiro atoms. The van der Waals surface area contributed by atoms with Crippen molar-refractivity contribution < 1.29 is 27.6 Å². The third kappa shape index (κ3) is 7.46. The number of aliphatic carboxylic acids is 1. The predicted molar refractivity (Wildman–Crippen MR) is 136 cm³/mol. The molecule has 1 aromatic carbocycles. The van der Waals surface area contributed by atoms with Crippen LogP contribution in [-0.4, -0.2) is 61.2 Å². The van der Waals surface area contributed by atoms with Gasteiger partial charge >= 0.3 is 12.1 Å². The van der Waals surface area contributed by atoms with E-state index in [0.717, 1.165) is 24.1 Å². The molecule has 1 aromatic heterocycles. The number of nitrogens with zero attached hydrogens (tertiary/aromatic N) is 4. The Bertz CT molecular complexity index is 1030. The van der Waals surface area contributed by atoms with Crippen LogP contribution in [0.2, 0.25) is 0 Å². The van der Waals surface area contributed by atoms with Crippen LogP contribution in [0.25, 0.3) is 0 Å². The number of benzene rings is 1. The molecule has 0 bridgehead atoms. The van der Waals surface area contributed by atoms with Gasteiger partial charge in [-0.15, -0.1) is 4.31 Å². The van der Waals surface area contributed by atoms with E-state index in [4.69, 9.17) is 0 Å². The Hall–Kier alpha value is -2.09. The monoisotopic (exact) mass is 547 g/mol. The van der Waals surface area contributed by atoms with Crippen molar-refractivity contribution in [1.82, 2.24) is 13.7 Å². The Morgan fingerprint density at radius 2 is 2.00 bits per heavy atom. The predicted octanol–water partition coefficient (Wildman–Crippen LogP) is 5.10. The Morgan fingerprint density at radius 3 is 2.53 bits per heavy atom. The lowest BCUT2D eigenvalue weighted by atomic mass is 9.95. The number of anilines is 3. The summed E-state index contributed by atoms with van der Waals surface area (Å²) in [5.41, 5.74) is 2.11. The van der Waals surface area contributed by atoms with Crippen molar-refractivity contribution in [1.29, 1.82) is 0 Å². The zero-order valence-corrected chi connectivity index (χ0v) is 22.3. The maximum atomic E-state index is 13.1. The number of hydrogen-bond donors (Lipinski definition) is 2. The zero-order valence-electron chi connectivity index (χ0n) is 20.7. The number of carboxylic acids is 1. The van der Waals surface area contributed by atoms with E-state index in [9.17, 15) is 27.6 Å². The van der Waals surface area contributed by atoms with Crippen LogP contribution in [0.5, 0.6) is 0 Å². The Morgan fingerprint density at radius 1 is 1.33 bits per heavy atom. The molecule has 36 heavy (non-hydrogen) atoms. The molecule has 13 heteroatoms. The first-order valence-electron chi connectivity index (χ1n) is 11.7. The second-order valence-electron chi connectivity index (χ2n) is 9.45. The molecule has 0 radical (unpaired) electrons. The van der Waals surface area contributed by atoms with Crippen LogP contribution >= 0.6 is 11.5 Å². The van der Waals surface area contributed by atoms with Crippen LogP contribution in [0.15, 0.2) is 18.2 Å². The molecule has 200 valence electrons. The highest BCUT2D eigenvalue weighted by molar-refractivity contribution is 7.88. The lowest BCUT2D eigenvalue weighted by Gasteiger charge is -2.40. The number of aromatic nitrogens is 2. The molecule has 2 aromatic rings. The highest BCUT2D eigenvalue weighted by Gasteiger charge is 2.36. The molecule has 0 amide bonds. The molecular weight excluding hydrogens is 515 g/mol. The number of piperidine rings is 1. The van der Waals surface area contributed by atoms with E-state index in [1.54, 1.807) is 19.2 Å². The van der Waals surface area contributed by atoms with Crippen LogP contribution in [0.3, 0.4) is 0 Å². The molecule has 2 N–H and O–H groups in total. The van der Waals surface area contributed by atoms with E-state index in [1.807, 2.05) is 16.4 Å². The molecule has 2 heterocycles. The summed E-state index contributed by atoms with van der Waals surface area (Å²) in [4.78, 5) is 17.1. The van der Waals surface area contributed by atoms with Gasteiger partial charge in [0, 0.05) is 48.6 Å². The molecule has 1 aliphatic rings. The van der Waals surface area contributed by atoms with Gasteiger partial charge in [0.15, 0.2) is 0 Å². The smallest absolute Gasteiger partial charge is 0.452 e. The number of rotatable bonds is 10. The standard InChI is InChI=1S/C23H32F3N5O3S2/c1-14(2)13-31(17-7-9-30(10-8-17)36(4)34)19-6-5-16(15(3)11-20(32)33)12-18(19)27-22-28-21(29-35-22)23(24,25)26/h5-6,12,14-15,17H,7-11,13H2,1-4H3,(H,32,33)(H,27,28,29). The van der Waals surface area contributed by atoms with Crippen molar-refractivity contribution in [2.45, 2.75) is 58.2 Å². The molecule has 2 unspecified atom stereocenters. The first-order chi connectivity index (χ1) is 16.8. The summed E-state index contributed by atoms with van der Waals surface area (Å²) in [5, 5.41) is 12.3. The summed E-state index contributed by atoms with van der Waals surface area (Å²) < 4.78 is 56.5. The zero-order chi connectivity index (χ0) is 26.6. The van der Waals surface area contributed by atoms with Crippen LogP contribution < -0.4 is 10.2 Å². The second-order valence-corrected chi connectivity index (χ2v) is 11.6. The molecule has 1 aliphatic heterocycles. The third-order valence-corrected chi connectivity index (χ3v) is 7.81. The fourth-order valence-corrected chi connectivity index (χ4v) is 5.67. The van der Waals surface area contributed by atoms with Crippen LogP contribution in [-0.2, 0) is 22.3 Å². The van der Waals surface area contributed by atoms with Gasteiger partial charge in [0.25, 0.3) is 0 Å². The van der Waals surface area contributed by atoms with E-state index in [-0.39, 0.29) is 23.5 Å². The van der Waals surface area contributed by atoms with Crippen molar-refractivity contribution >= 4 is 45.4 Å². The Labute approximate surface area is 216 Å². The van der Waals surface area contributed by atoms with Crippen LogP contribution in [0.4, 0.5) is 29.7 Å². The lowest BCUT2D eigenvalue weighted by molar-refractivity contribution is -0.144. The summed E-state index contributed by atoms with van der Waals surface area (Å²) in [5.74, 6) is -2.12. The van der Waals surface area contributed by atoms with Gasteiger partial charge in [0.2, 0.25) is 11.0 Å². The third-order valence-electron chi connectivity index (χ3n) is 6.09. The van der Waals surface area contributed by atoms with Crippen molar-refractivity contribution in [2.24, 2.45) is 5.92 Å². The van der Waals surface area contributed by atoms with Gasteiger partial charge < -0.3 is 19.9 Å². The van der Waals surface area contributed by atoms with Crippen molar-refractivity contribution in [3.63, 3.8) is 0 Å². The first-order valence-corrected chi connectivity index (χ1v) is 14.0. The number of halogens is 3. The minimum absolute atomic E-state index is 0.00677. The van der Waals surface area contributed by atoms with Gasteiger partial charge in [0.05, 0.1) is 17.8 Å². The molecule has 1 saturated heterocycles. The summed E-state index contributed by atoms with van der Waals surface area (Å²) >= 11 is -0.412. The van der Waals surface area contributed by atoms with E-state index >= 15 is 0 Å². The average Bonchev–Trinajstić information content (AvgIpc) is 3.26. The van der Waals surface area contributed by atoms with Gasteiger partial charge in [-0.1, -0.05) is 26.8 Å². The summed E-state index contributed by atoms with van der Waals surface area (Å²) in [6.45, 7) is 8.07. The summed E-state index contributed by atoms with van der Waals surface area (Å²) in [7, 11) is 0. The number of nitrogens with one attached hydrogen (secondary N) is 1. The lowest BCUT2D eigenvalue weighted by Crippen LogP contribution is -2.47. The fourth-order valence-electron chi connectivity index (χ4n) is 4.34. The van der Waals surface area contributed by atoms with Crippen molar-refractivity contribution in [2.75, 3.05) is 36.1 Å². The maximum absolute atomic E-state index is 13.1. The summed E-state index contributed by atoms with van der Waals surface area (Å²) in [6, 6.07) is 5.71. The highest BCUT2D eigenvalue weighted by atomic mass is 32.2. The molecule has 8 nitrogen and oxygen atoms in total. The van der Waals surface area contributed by atoms with E-state index in [0.29, 0.717) is 42.8 Å². The number of carbonyl (C=O) groups is 1. The van der Waals surface area contributed by atoms with Gasteiger partial charge in [-0.2, -0.15) is 22.5 Å². The van der Waals surface area contributed by atoms with Gasteiger partial charge in [0.1, 0.15) is 6.26 Å². The minimum Gasteiger partial charge on any atom is -0.598 e. The maximum Gasteiger partial charge on any atom is 0.452 e.